The van der Waals surface area contributed by atoms with Crippen molar-refractivity contribution in [3.05, 3.63) is 134 Å². The van der Waals surface area contributed by atoms with Crippen LogP contribution in [-0.2, 0) is 53.6 Å². The Balaban J connectivity index is 0.883. The average molecular weight is 1960 g/mol. The number of amides is 9. The second-order valence-electron chi connectivity index (χ2n) is 37.9. The quantitative estimate of drug-likeness (QED) is 0.0224. The summed E-state index contributed by atoms with van der Waals surface area (Å²) in [5, 5.41) is 142. The van der Waals surface area contributed by atoms with Gasteiger partial charge in [0.25, 0.3) is 0 Å². The van der Waals surface area contributed by atoms with Gasteiger partial charge in [-0.2, -0.15) is 0 Å². The number of urea groups is 1. The van der Waals surface area contributed by atoms with Crippen LogP contribution in [0.25, 0.3) is 5.57 Å². The number of rotatable bonds is 31. The number of fused-ring (bicyclic) bond motifs is 16. The molecule has 4 saturated carbocycles. The summed E-state index contributed by atoms with van der Waals surface area (Å²) >= 11 is 14.6. The zero-order chi connectivity index (χ0) is 98.8. The number of halogens is 2. The molecule has 6 fully saturated rings. The first-order valence-electron chi connectivity index (χ1n) is 47.2. The summed E-state index contributed by atoms with van der Waals surface area (Å²) < 4.78 is 58.3. The molecule has 42 heteroatoms. The molecule has 2 saturated heterocycles. The number of phenolic OH excluding ortho intramolecular Hbond substituents is 1. The molecule has 17 rings (SSSR count). The molecular formula is C96H126Cl2N14O26. The van der Waals surface area contributed by atoms with Crippen LogP contribution in [0.5, 0.6) is 51.7 Å². The van der Waals surface area contributed by atoms with Gasteiger partial charge in [0, 0.05) is 67.8 Å². The summed E-state index contributed by atoms with van der Waals surface area (Å²) in [6.45, 7) is 14.6. The number of anilines is 1. The largest absolute Gasteiger partial charge is 0.508 e. The molecular weight excluding hydrogens is 1840 g/mol. The minimum atomic E-state index is -2.87. The number of benzene rings is 5. The summed E-state index contributed by atoms with van der Waals surface area (Å²) in [5.41, 5.74) is 10.6. The number of hydrogen-bond acceptors (Lipinski definition) is 32. The lowest BCUT2D eigenvalue weighted by Gasteiger charge is -2.47. The third kappa shape index (κ3) is 22.0. The van der Waals surface area contributed by atoms with Crippen molar-refractivity contribution >= 4 is 81.8 Å². The lowest BCUT2D eigenvalue weighted by molar-refractivity contribution is -0.333. The van der Waals surface area contributed by atoms with Crippen LogP contribution in [-0.4, -0.2) is 258 Å². The molecule has 15 bridgehead atoms. The number of aromatic hydroxyl groups is 1. The van der Waals surface area contributed by atoms with Crippen molar-refractivity contribution in [2.24, 2.45) is 58.8 Å². The number of primary amides is 1. The van der Waals surface area contributed by atoms with Crippen LogP contribution in [0.4, 0.5) is 10.5 Å². The molecule has 138 heavy (non-hydrogen) atoms. The number of aliphatic hydroxyl groups is 8. The molecule has 0 spiro atoms. The minimum Gasteiger partial charge on any atom is -0.508 e. The fourth-order valence-electron chi connectivity index (χ4n) is 21.6. The third-order valence-electron chi connectivity index (χ3n) is 28.0. The first kappa shape index (κ1) is 102. The number of allylic oxidation sites excluding steroid dienone is 1. The minimum absolute atomic E-state index is 0.00905. The maximum absolute atomic E-state index is 16.7. The summed E-state index contributed by atoms with van der Waals surface area (Å²) in [6.07, 6.45) is -13.4. The zero-order valence-electron chi connectivity index (χ0n) is 77.8. The molecule has 6 heterocycles. The van der Waals surface area contributed by atoms with Crippen molar-refractivity contribution in [3.63, 3.8) is 0 Å². The SMILES string of the molecule is CCNCCOc1cc(NC(=O)NC(=O)CC2NCC(NC(=O)C(CC(C)C)NC)C(O)c3ccc(c(Cl)c3)Oc3cc4cc(c3OC3OC(CO)C(O)C(O)C3OC3CC(C)(N)C(O)C(C)O3)Oc3ccc(cc3Cl)C(O)CC(=O)NC(C(=O)NC3C5CC6CC7CC3C6C75)c3cc(O)cc5c3C3=CC(=CCC3C5(O)O)C(C(N)=O)NC(=O)C4NC2=O)cc(OCCNCC)c1OCCNCC. The fraction of sp³-hybridized carbons (Fsp3) is 0.562. The molecule has 6 aliphatic carbocycles. The summed E-state index contributed by atoms with van der Waals surface area (Å²) in [7, 11) is 1.56. The van der Waals surface area contributed by atoms with Crippen molar-refractivity contribution in [2.75, 3.05) is 84.6 Å². The van der Waals surface area contributed by atoms with E-state index in [1.165, 1.54) is 80.6 Å². The van der Waals surface area contributed by atoms with E-state index in [0.29, 0.717) is 62.9 Å². The molecule has 25 N–H and O–H groups in total. The molecule has 12 aliphatic rings. The highest BCUT2D eigenvalue weighted by Gasteiger charge is 2.70. The zero-order valence-corrected chi connectivity index (χ0v) is 79.3. The van der Waals surface area contributed by atoms with E-state index >= 15 is 19.2 Å². The Bertz CT molecular complexity index is 5370. The van der Waals surface area contributed by atoms with E-state index < -0.39 is 217 Å². The van der Waals surface area contributed by atoms with Crippen LogP contribution < -0.4 is 104 Å². The van der Waals surface area contributed by atoms with Crippen LogP contribution in [0.3, 0.4) is 0 Å². The Labute approximate surface area is 807 Å². The van der Waals surface area contributed by atoms with Crippen LogP contribution in [0, 0.1) is 47.3 Å². The molecule has 6 aliphatic heterocycles. The first-order chi connectivity index (χ1) is 65.9. The number of carbonyl (C=O) groups is 8. The van der Waals surface area contributed by atoms with E-state index in [1.807, 2.05) is 34.6 Å². The highest BCUT2D eigenvalue weighted by Crippen LogP contribution is 2.73. The standard InChI is InChI=1S/C96H126Cl2N14O26/c1-9-102-18-21-130-66-33-50(34-67(131-22-19-103-10-2)84(66)132-23-20-104-11-3)106-94(127)109-71(116)37-61-90(124)111-78-49-31-68(85(138-93-86(83(120)82(119)70(41-113)136-93)137-73-39-95(7,100)87(121)43(6)133-73)69(32-49)135-65-17-14-46(30-59(65)98)81(118)62(40-105-61)107-89(123)60(101-8)24-42(4)5)134-64-16-13-44(29-58(64)97)63(115)38-72(117)108-80(92(126)112-79-53-27-47-25-48-28-54(79)74(47)75(48)53)55-35-51(114)36-57-76(55)52-26-45(12-15-56(52)96(57,128)129)77(88(99)122)110-91(78)125/h12-14,16-17,26,29-36,42-43,47-48,53-54,56,60-63,70,73-75,77-83,86-87,93,101-105,113-115,118-121,128-129H,9-11,15,18-25,27-28,37-41,100H2,1-8H3,(H2,99,122)(H,107,123)(H,108,117)(H,110,125)(H,111,124)(H,112,126)(H2,106,109,116,127). The summed E-state index contributed by atoms with van der Waals surface area (Å²) in [6, 6.07) is 3.23. The molecule has 5 aromatic rings. The van der Waals surface area contributed by atoms with Gasteiger partial charge in [0.1, 0.15) is 79.6 Å². The van der Waals surface area contributed by atoms with Crippen LogP contribution >= 0.6 is 23.2 Å². The molecule has 0 radical (unpaired) electrons. The van der Waals surface area contributed by atoms with Crippen LogP contribution in [0.1, 0.15) is 158 Å². The number of aliphatic hydroxyl groups excluding tert-OH is 6. The number of hydrogen-bond donors (Lipinski definition) is 23. The second-order valence-corrected chi connectivity index (χ2v) is 38.7. The van der Waals surface area contributed by atoms with Gasteiger partial charge in [0.2, 0.25) is 59.1 Å². The van der Waals surface area contributed by atoms with Gasteiger partial charge >= 0.3 is 6.03 Å². The lowest BCUT2D eigenvalue weighted by Crippen LogP contribution is -2.64. The molecule has 5 aromatic carbocycles. The predicted octanol–water partition coefficient (Wildman–Crippen LogP) is 2.84. The molecule has 24 unspecified atom stereocenters. The Morgan fingerprint density at radius 1 is 0.717 bits per heavy atom. The van der Waals surface area contributed by atoms with Crippen LogP contribution in [0.2, 0.25) is 10.0 Å². The Morgan fingerprint density at radius 2 is 1.34 bits per heavy atom. The van der Waals surface area contributed by atoms with Gasteiger partial charge in [0.05, 0.1) is 71.6 Å². The van der Waals surface area contributed by atoms with Gasteiger partial charge in [-0.1, -0.05) is 82.1 Å². The van der Waals surface area contributed by atoms with E-state index in [-0.39, 0.29) is 146 Å². The monoisotopic (exact) mass is 1960 g/mol. The number of phenols is 1. The van der Waals surface area contributed by atoms with E-state index in [0.717, 1.165) is 37.5 Å². The fourth-order valence-corrected chi connectivity index (χ4v) is 22.0. The van der Waals surface area contributed by atoms with Crippen LogP contribution in [0.15, 0.2) is 90.5 Å². The van der Waals surface area contributed by atoms with Crippen molar-refractivity contribution < 1.29 is 127 Å². The normalized spacial score (nSPS) is 30.7. The summed E-state index contributed by atoms with van der Waals surface area (Å²) in [5.74, 6) is -12.0. The molecule has 24 atom stereocenters. The van der Waals surface area contributed by atoms with Crippen molar-refractivity contribution in [1.82, 2.24) is 58.5 Å². The Kier molecular flexibility index (Phi) is 32.2. The van der Waals surface area contributed by atoms with Gasteiger partial charge in [-0.3, -0.25) is 38.9 Å². The number of nitrogens with one attached hydrogen (secondary N) is 12. The van der Waals surface area contributed by atoms with E-state index in [4.69, 9.17) is 77.3 Å². The first-order valence-corrected chi connectivity index (χ1v) is 47.9. The van der Waals surface area contributed by atoms with Gasteiger partial charge in [0.15, 0.2) is 41.2 Å². The lowest BCUT2D eigenvalue weighted by atomic mass is 9.66. The number of ether oxygens (including phenoxy) is 9. The molecule has 40 nitrogen and oxygen atoms in total. The van der Waals surface area contributed by atoms with Crippen molar-refractivity contribution in [2.45, 2.75) is 215 Å². The topological polar surface area (TPSA) is 598 Å². The Morgan fingerprint density at radius 3 is 1.93 bits per heavy atom. The number of nitrogens with two attached hydrogens (primary N) is 2. The predicted molar refractivity (Wildman–Crippen MR) is 499 cm³/mol. The number of likely N-dealkylation sites (N-methyl/N-ethyl adjacent to an activating group) is 4. The molecule has 0 aromatic heterocycles. The van der Waals surface area contributed by atoms with Crippen molar-refractivity contribution in [1.29, 1.82) is 0 Å². The maximum atomic E-state index is 16.7. The maximum Gasteiger partial charge on any atom is 0.325 e. The highest BCUT2D eigenvalue weighted by atomic mass is 35.5. The van der Waals surface area contributed by atoms with E-state index in [9.17, 15) is 65.1 Å². The summed E-state index contributed by atoms with van der Waals surface area (Å²) in [4.78, 5) is 123. The number of carbonyl (C=O) groups excluding carboxylic acids is 8. The Hall–Kier alpha value is -10.2. The van der Waals surface area contributed by atoms with E-state index in [1.54, 1.807) is 7.05 Å². The van der Waals surface area contributed by atoms with E-state index in [2.05, 4.69) is 63.8 Å². The second kappa shape index (κ2) is 43.5. The third-order valence-corrected chi connectivity index (χ3v) is 28.6. The average Bonchev–Trinajstić information content (AvgIpc) is 1.51. The molecule has 750 valence electrons. The van der Waals surface area contributed by atoms with Crippen molar-refractivity contribution in [3.8, 4) is 51.7 Å². The number of imide groups is 1. The van der Waals surface area contributed by atoms with Gasteiger partial charge < -0.3 is 159 Å². The highest BCUT2D eigenvalue weighted by molar-refractivity contribution is 6.32. The van der Waals surface area contributed by atoms with Gasteiger partial charge in [-0.25, -0.2) is 4.79 Å². The van der Waals surface area contributed by atoms with Gasteiger partial charge in [-0.15, -0.1) is 0 Å². The molecule has 9 amide bonds. The van der Waals surface area contributed by atoms with Gasteiger partial charge in [-0.05, 0) is 202 Å². The smallest absolute Gasteiger partial charge is 0.325 e.